The van der Waals surface area contributed by atoms with Crippen molar-refractivity contribution in [1.82, 2.24) is 0 Å². The standard InChI is InChI=1S/C10H8BrClFNO3/c1-15-17-16-10(12)7-5-9(13)8(11)4-6(7)2-3-14/h2-5,14H,1H3/p+1/b6-2-,10-7-,14-3?. The lowest BCUT2D eigenvalue weighted by Gasteiger charge is -2.00. The van der Waals surface area contributed by atoms with Gasteiger partial charge in [-0.15, -0.1) is 0 Å². The smallest absolute Gasteiger partial charge is 0.243 e. The third-order valence-corrected chi connectivity index (χ3v) is 2.63. The molecule has 0 spiro atoms. The van der Waals surface area contributed by atoms with Gasteiger partial charge in [-0.05, 0) is 49.9 Å². The predicted octanol–water partition coefficient (Wildman–Crippen LogP) is 0.0127. The van der Waals surface area contributed by atoms with Crippen LogP contribution in [0.3, 0.4) is 0 Å². The van der Waals surface area contributed by atoms with Gasteiger partial charge < -0.3 is 0 Å². The van der Waals surface area contributed by atoms with Crippen molar-refractivity contribution in [2.45, 2.75) is 0 Å². The highest BCUT2D eigenvalue weighted by atomic mass is 79.9. The van der Waals surface area contributed by atoms with Gasteiger partial charge in [0.05, 0.1) is 11.6 Å². The molecule has 0 aliphatic heterocycles. The van der Waals surface area contributed by atoms with E-state index < -0.39 is 5.82 Å². The van der Waals surface area contributed by atoms with Crippen LogP contribution >= 0.6 is 27.5 Å². The predicted molar refractivity (Wildman–Crippen MR) is 64.2 cm³/mol. The molecule has 0 aliphatic carbocycles. The largest absolute Gasteiger partial charge is 0.295 e. The molecular weight excluding hydrogens is 316 g/mol. The van der Waals surface area contributed by atoms with Crippen molar-refractivity contribution < 1.29 is 24.6 Å². The molecular formula is C10H9BrClFNO3+. The molecule has 0 atom stereocenters. The molecule has 1 aromatic carbocycles. The van der Waals surface area contributed by atoms with Gasteiger partial charge in [0.1, 0.15) is 5.82 Å². The van der Waals surface area contributed by atoms with E-state index in [1.165, 1.54) is 31.5 Å². The van der Waals surface area contributed by atoms with Gasteiger partial charge in [-0.3, -0.25) is 10.3 Å². The Morgan fingerprint density at radius 3 is 2.82 bits per heavy atom. The van der Waals surface area contributed by atoms with Crippen molar-refractivity contribution in [3.05, 3.63) is 32.9 Å². The first-order valence-electron chi connectivity index (χ1n) is 4.37. The fourth-order valence-electron chi connectivity index (χ4n) is 1.08. The summed E-state index contributed by atoms with van der Waals surface area (Å²) in [6.07, 6.45) is 2.84. The maximum atomic E-state index is 13.4. The maximum absolute atomic E-state index is 13.4. The van der Waals surface area contributed by atoms with Crippen LogP contribution in [0.4, 0.5) is 4.39 Å². The topological polar surface area (TPSA) is 53.3 Å². The van der Waals surface area contributed by atoms with Crippen LogP contribution < -0.4 is 15.8 Å². The third-order valence-electron chi connectivity index (χ3n) is 1.76. The number of hydrogen-bond donors (Lipinski definition) is 1. The third kappa shape index (κ3) is 3.78. The second kappa shape index (κ2) is 6.70. The minimum atomic E-state index is -0.492. The van der Waals surface area contributed by atoms with Crippen LogP contribution in [0.25, 0.3) is 11.3 Å². The summed E-state index contributed by atoms with van der Waals surface area (Å²) in [4.78, 5) is 8.78. The van der Waals surface area contributed by atoms with Crippen molar-refractivity contribution >= 4 is 45.0 Å². The number of halogens is 3. The Kier molecular flexibility index (Phi) is 5.57. The summed E-state index contributed by atoms with van der Waals surface area (Å²) in [6.45, 7) is 0. The van der Waals surface area contributed by atoms with Crippen molar-refractivity contribution in [2.24, 2.45) is 0 Å². The molecule has 0 amide bonds. The zero-order chi connectivity index (χ0) is 12.8. The minimum Gasteiger partial charge on any atom is -0.295 e. The van der Waals surface area contributed by atoms with E-state index in [1.54, 1.807) is 0 Å². The fourth-order valence-corrected chi connectivity index (χ4v) is 1.63. The van der Waals surface area contributed by atoms with Crippen molar-refractivity contribution in [2.75, 3.05) is 7.11 Å². The van der Waals surface area contributed by atoms with Gasteiger partial charge in [-0.25, -0.2) is 4.39 Å². The van der Waals surface area contributed by atoms with Crippen LogP contribution in [0.5, 0.6) is 0 Å². The van der Waals surface area contributed by atoms with Gasteiger partial charge in [0.2, 0.25) is 5.22 Å². The zero-order valence-electron chi connectivity index (χ0n) is 8.75. The first kappa shape index (κ1) is 14.1. The molecule has 0 aromatic heterocycles. The molecule has 1 aromatic rings. The van der Waals surface area contributed by atoms with Crippen LogP contribution in [-0.2, 0) is 14.8 Å². The summed E-state index contributed by atoms with van der Waals surface area (Å²) in [5.41, 5.74) is 0. The maximum Gasteiger partial charge on any atom is 0.243 e. The fraction of sp³-hybridized carbons (Fsp3) is 0.100. The van der Waals surface area contributed by atoms with Gasteiger partial charge in [0.25, 0.3) is 0 Å². The summed E-state index contributed by atoms with van der Waals surface area (Å²) in [7, 11) is 1.24. The Hall–Kier alpha value is -0.950. The average molecular weight is 326 g/mol. The van der Waals surface area contributed by atoms with Gasteiger partial charge in [-0.2, -0.15) is 4.89 Å². The molecule has 0 bridgehead atoms. The van der Waals surface area contributed by atoms with Crippen LogP contribution in [0.15, 0.2) is 16.6 Å². The van der Waals surface area contributed by atoms with Gasteiger partial charge >= 0.3 is 0 Å². The lowest BCUT2D eigenvalue weighted by molar-refractivity contribution is -0.469. The molecule has 4 nitrogen and oxygen atoms in total. The van der Waals surface area contributed by atoms with Crippen LogP contribution in [0, 0.1) is 5.82 Å². The number of nitrogens with two attached hydrogens (primary N) is 1. The molecule has 0 aliphatic rings. The monoisotopic (exact) mass is 324 g/mol. The van der Waals surface area contributed by atoms with Crippen LogP contribution in [-0.4, -0.2) is 13.3 Å². The second-order valence-electron chi connectivity index (χ2n) is 2.80. The van der Waals surface area contributed by atoms with Crippen LogP contribution in [0.1, 0.15) is 0 Å². The lowest BCUT2D eigenvalue weighted by atomic mass is 10.2. The molecule has 0 saturated heterocycles. The molecule has 0 radical (unpaired) electrons. The molecule has 0 saturated carbocycles. The van der Waals surface area contributed by atoms with E-state index in [0.717, 1.165) is 0 Å². The summed E-state index contributed by atoms with van der Waals surface area (Å²) in [5.74, 6) is -0.492. The first-order chi connectivity index (χ1) is 8.10. The Morgan fingerprint density at radius 1 is 1.53 bits per heavy atom. The highest BCUT2D eigenvalue weighted by molar-refractivity contribution is 9.10. The van der Waals surface area contributed by atoms with E-state index in [0.29, 0.717) is 5.22 Å². The van der Waals surface area contributed by atoms with E-state index in [-0.39, 0.29) is 14.9 Å². The SMILES string of the molecule is COOO/C(Cl)=c1/cc(F)c(Br)c/c1=C/C=[NH2+]. The van der Waals surface area contributed by atoms with Gasteiger partial charge in [0.15, 0.2) is 6.21 Å². The number of benzene rings is 1. The molecule has 7 heteroatoms. The minimum absolute atomic E-state index is 0.175. The summed E-state index contributed by atoms with van der Waals surface area (Å²) >= 11 is 8.84. The van der Waals surface area contributed by atoms with Gasteiger partial charge in [-0.1, -0.05) is 0 Å². The van der Waals surface area contributed by atoms with E-state index >= 15 is 0 Å². The first-order valence-corrected chi connectivity index (χ1v) is 5.54. The Labute approximate surface area is 110 Å². The van der Waals surface area contributed by atoms with Gasteiger partial charge in [0, 0.05) is 11.3 Å². The number of rotatable bonds is 4. The molecule has 1 rings (SSSR count). The van der Waals surface area contributed by atoms with E-state index in [9.17, 15) is 4.39 Å². The molecule has 17 heavy (non-hydrogen) atoms. The van der Waals surface area contributed by atoms with Crippen molar-refractivity contribution in [3.63, 3.8) is 0 Å². The highest BCUT2D eigenvalue weighted by Crippen LogP contribution is 2.10. The molecule has 0 unspecified atom stereocenters. The highest BCUT2D eigenvalue weighted by Gasteiger charge is 2.04. The molecule has 0 fully saturated rings. The van der Waals surface area contributed by atoms with Crippen LogP contribution in [0.2, 0.25) is 0 Å². The summed E-state index contributed by atoms with van der Waals surface area (Å²) < 4.78 is 13.7. The Balaban J connectivity index is 3.45. The van der Waals surface area contributed by atoms with Crippen molar-refractivity contribution in [1.29, 1.82) is 0 Å². The lowest BCUT2D eigenvalue weighted by Crippen LogP contribution is -2.33. The summed E-state index contributed by atoms with van der Waals surface area (Å²) in [6, 6.07) is 2.69. The van der Waals surface area contributed by atoms with Crippen molar-refractivity contribution in [3.8, 4) is 0 Å². The molecule has 92 valence electrons. The normalized spacial score (nSPS) is 13.5. The number of hydrogen-bond acceptors (Lipinski definition) is 3. The second-order valence-corrected chi connectivity index (χ2v) is 4.00. The molecule has 0 heterocycles. The zero-order valence-corrected chi connectivity index (χ0v) is 11.1. The van der Waals surface area contributed by atoms with E-state index in [2.05, 4.69) is 30.7 Å². The van der Waals surface area contributed by atoms with E-state index in [1.807, 2.05) is 0 Å². The average Bonchev–Trinajstić information content (AvgIpc) is 2.30. The molecule has 2 N–H and O–H groups in total. The van der Waals surface area contributed by atoms with E-state index in [4.69, 9.17) is 17.0 Å². The Bertz CT molecular complexity index is 535. The summed E-state index contributed by atoms with van der Waals surface area (Å²) in [5, 5.41) is 10.1. The quantitative estimate of drug-likeness (QED) is 0.482. The Morgan fingerprint density at radius 2 is 2.24 bits per heavy atom.